The van der Waals surface area contributed by atoms with Crippen molar-refractivity contribution in [2.24, 2.45) is 20.6 Å². The smallest absolute Gasteiger partial charge is 0.360 e. The van der Waals surface area contributed by atoms with E-state index in [2.05, 4.69) is 25.9 Å². The Bertz CT molecular complexity index is 1900. The molecule has 4 aromatic rings. The van der Waals surface area contributed by atoms with Crippen molar-refractivity contribution in [3.05, 3.63) is 141 Å². The highest BCUT2D eigenvalue weighted by Crippen LogP contribution is 2.20. The maximum atomic E-state index is 13.8. The molecule has 0 unspecified atom stereocenters. The third-order valence-electron chi connectivity index (χ3n) is 7.86. The molecule has 14 heteroatoms. The number of esters is 1. The van der Waals surface area contributed by atoms with Crippen LogP contribution in [0.25, 0.3) is 0 Å². The van der Waals surface area contributed by atoms with Gasteiger partial charge in [0, 0.05) is 40.4 Å². The molecule has 0 fully saturated rings. The fourth-order valence-electron chi connectivity index (χ4n) is 5.03. The van der Waals surface area contributed by atoms with Crippen LogP contribution in [0, 0.1) is 25.5 Å². The van der Waals surface area contributed by atoms with Crippen LogP contribution in [0.2, 0.25) is 0 Å². The molecule has 0 heterocycles. The molecular formula is C40H43F2N5O7. The predicted octanol–water partition coefficient (Wildman–Crippen LogP) is 6.77. The molecule has 4 aromatic carbocycles. The Morgan fingerprint density at radius 1 is 0.593 bits per heavy atom. The minimum Gasteiger partial charge on any atom is -0.464 e. The van der Waals surface area contributed by atoms with Crippen molar-refractivity contribution in [1.82, 2.24) is 5.32 Å². The average molecular weight is 744 g/mol. The molecule has 54 heavy (non-hydrogen) atoms. The Hall–Kier alpha value is -6.44. The molecule has 0 aliphatic rings. The Morgan fingerprint density at radius 2 is 1.00 bits per heavy atom. The standard InChI is InChI=1S/C20H22FN3O3.C20H21FN2O4/c1-13-8-7-10-16(19(24-26-4)20(25)22-3)17(13)12-27-23-14(2)15-9-5-6-11-18(15)21;1-13-8-7-10-16(19(23-26-4)20(24)25-3)17(13)12-27-22-14(2)15-9-5-6-11-18(15)21/h5-11H,12H2,1-4H3,(H,22,25);5-11H,12H2,1-4H3/b23-14+,24-19+;22-14+,23-19+. The minimum atomic E-state index is -0.630. The van der Waals surface area contributed by atoms with Gasteiger partial charge >= 0.3 is 5.97 Å². The number of oxime groups is 4. The number of aryl methyl sites for hydroxylation is 2. The van der Waals surface area contributed by atoms with E-state index in [9.17, 15) is 18.4 Å². The van der Waals surface area contributed by atoms with E-state index in [1.165, 1.54) is 40.5 Å². The first kappa shape index (κ1) is 42.0. The lowest BCUT2D eigenvalue weighted by molar-refractivity contribution is -0.132. The lowest BCUT2D eigenvalue weighted by Crippen LogP contribution is -2.29. The molecule has 0 saturated heterocycles. The van der Waals surface area contributed by atoms with E-state index in [0.29, 0.717) is 39.2 Å². The van der Waals surface area contributed by atoms with Crippen LogP contribution in [0.3, 0.4) is 0 Å². The van der Waals surface area contributed by atoms with Gasteiger partial charge in [-0.15, -0.1) is 0 Å². The van der Waals surface area contributed by atoms with Gasteiger partial charge in [-0.25, -0.2) is 13.6 Å². The molecule has 0 bridgehead atoms. The largest absolute Gasteiger partial charge is 0.464 e. The summed E-state index contributed by atoms with van der Waals surface area (Å²) in [5.41, 5.74) is 6.02. The monoisotopic (exact) mass is 743 g/mol. The lowest BCUT2D eigenvalue weighted by atomic mass is 9.98. The third-order valence-corrected chi connectivity index (χ3v) is 7.86. The number of amides is 1. The van der Waals surface area contributed by atoms with Gasteiger partial charge in [0.05, 0.1) is 18.5 Å². The number of carbonyl (C=O) groups excluding carboxylic acids is 2. The highest BCUT2D eigenvalue weighted by molar-refractivity contribution is 6.45. The molecule has 0 aliphatic heterocycles. The van der Waals surface area contributed by atoms with Crippen molar-refractivity contribution >= 4 is 34.7 Å². The fourth-order valence-corrected chi connectivity index (χ4v) is 5.03. The molecule has 1 amide bonds. The molecular weight excluding hydrogens is 700 g/mol. The quantitative estimate of drug-likeness (QED) is 0.0854. The van der Waals surface area contributed by atoms with Crippen LogP contribution in [0.5, 0.6) is 0 Å². The number of carbonyl (C=O) groups is 2. The van der Waals surface area contributed by atoms with Gasteiger partial charge in [0.1, 0.15) is 39.1 Å². The topological polar surface area (TPSA) is 142 Å². The first-order valence-electron chi connectivity index (χ1n) is 16.5. The van der Waals surface area contributed by atoms with E-state index >= 15 is 0 Å². The van der Waals surface area contributed by atoms with E-state index in [4.69, 9.17) is 24.1 Å². The van der Waals surface area contributed by atoms with Gasteiger partial charge < -0.3 is 29.4 Å². The molecule has 12 nitrogen and oxygen atoms in total. The summed E-state index contributed by atoms with van der Waals surface area (Å²) < 4.78 is 32.4. The van der Waals surface area contributed by atoms with Gasteiger partial charge in [-0.3, -0.25) is 4.79 Å². The minimum absolute atomic E-state index is 0.0251. The van der Waals surface area contributed by atoms with Crippen molar-refractivity contribution in [3.63, 3.8) is 0 Å². The van der Waals surface area contributed by atoms with Gasteiger partial charge in [-0.05, 0) is 51.0 Å². The predicted molar refractivity (Wildman–Crippen MR) is 202 cm³/mol. The number of ether oxygens (including phenoxy) is 1. The number of nitrogens with zero attached hydrogens (tertiary/aromatic N) is 4. The normalized spacial score (nSPS) is 11.9. The van der Waals surface area contributed by atoms with E-state index in [-0.39, 0.29) is 42.2 Å². The van der Waals surface area contributed by atoms with Crippen molar-refractivity contribution in [3.8, 4) is 0 Å². The molecule has 0 atom stereocenters. The summed E-state index contributed by atoms with van der Waals surface area (Å²) in [5.74, 6) is -1.75. The Morgan fingerprint density at radius 3 is 1.41 bits per heavy atom. The maximum Gasteiger partial charge on any atom is 0.360 e. The number of likely N-dealkylation sites (N-methyl/N-ethyl adjacent to an activating group) is 1. The molecule has 284 valence electrons. The lowest BCUT2D eigenvalue weighted by Gasteiger charge is -2.13. The van der Waals surface area contributed by atoms with Gasteiger partial charge in [0.25, 0.3) is 5.91 Å². The highest BCUT2D eigenvalue weighted by Gasteiger charge is 2.21. The van der Waals surface area contributed by atoms with Crippen LogP contribution in [-0.2, 0) is 46.9 Å². The Balaban J connectivity index is 0.000000290. The van der Waals surface area contributed by atoms with Crippen molar-refractivity contribution in [2.75, 3.05) is 28.4 Å². The summed E-state index contributed by atoms with van der Waals surface area (Å²) in [5, 5.41) is 18.1. The van der Waals surface area contributed by atoms with Gasteiger partial charge in [0.15, 0.2) is 11.4 Å². The third kappa shape index (κ3) is 11.3. The Kier molecular flexibility index (Phi) is 16.5. The van der Waals surface area contributed by atoms with Crippen LogP contribution in [0.4, 0.5) is 8.78 Å². The zero-order chi connectivity index (χ0) is 39.6. The van der Waals surface area contributed by atoms with E-state index in [1.54, 1.807) is 68.4 Å². The van der Waals surface area contributed by atoms with Crippen LogP contribution in [0.1, 0.15) is 58.4 Å². The van der Waals surface area contributed by atoms with E-state index in [0.717, 1.165) is 16.7 Å². The molecule has 0 saturated carbocycles. The van der Waals surface area contributed by atoms with Crippen molar-refractivity contribution in [2.45, 2.75) is 40.9 Å². The molecule has 0 aliphatic carbocycles. The summed E-state index contributed by atoms with van der Waals surface area (Å²) >= 11 is 0. The maximum absolute atomic E-state index is 13.8. The Labute approximate surface area is 313 Å². The average Bonchev–Trinajstić information content (AvgIpc) is 3.17. The number of hydrogen-bond donors (Lipinski definition) is 1. The number of nitrogens with one attached hydrogen (secondary N) is 1. The van der Waals surface area contributed by atoms with Crippen LogP contribution >= 0.6 is 0 Å². The fraction of sp³-hybridized carbons (Fsp3) is 0.250. The van der Waals surface area contributed by atoms with Gasteiger partial charge in [-0.2, -0.15) is 0 Å². The highest BCUT2D eigenvalue weighted by atomic mass is 19.1. The number of rotatable bonds is 14. The SMILES string of the molecule is CNC(=O)/C(=N/OC)c1cccc(C)c1CO/N=C(\C)c1ccccc1F.CO/N=C(/C(=O)OC)c1cccc(C)c1CO/N=C(\C)c1ccccc1F. The summed E-state index contributed by atoms with van der Waals surface area (Å²) in [6.45, 7) is 7.24. The zero-order valence-corrected chi connectivity index (χ0v) is 31.4. The molecule has 0 spiro atoms. The van der Waals surface area contributed by atoms with Crippen LogP contribution in [0.15, 0.2) is 106 Å². The second-order valence-electron chi connectivity index (χ2n) is 11.4. The van der Waals surface area contributed by atoms with Crippen molar-refractivity contribution in [1.29, 1.82) is 0 Å². The van der Waals surface area contributed by atoms with E-state index < -0.39 is 5.97 Å². The number of methoxy groups -OCH3 is 1. The first-order valence-corrected chi connectivity index (χ1v) is 16.5. The number of hydrogen-bond acceptors (Lipinski definition) is 11. The van der Waals surface area contributed by atoms with Crippen LogP contribution in [-0.4, -0.2) is 63.1 Å². The molecule has 0 radical (unpaired) electrons. The zero-order valence-electron chi connectivity index (χ0n) is 31.4. The summed E-state index contributed by atoms with van der Waals surface area (Å²) in [6.07, 6.45) is 0. The molecule has 4 rings (SSSR count). The summed E-state index contributed by atoms with van der Waals surface area (Å²) in [7, 11) is 5.50. The molecule has 1 N–H and O–H groups in total. The summed E-state index contributed by atoms with van der Waals surface area (Å²) in [4.78, 5) is 44.6. The van der Waals surface area contributed by atoms with Gasteiger partial charge in [-0.1, -0.05) is 93.4 Å². The first-order chi connectivity index (χ1) is 26.0. The second-order valence-corrected chi connectivity index (χ2v) is 11.4. The number of halogens is 2. The second kappa shape index (κ2) is 21.2. The van der Waals surface area contributed by atoms with E-state index in [1.807, 2.05) is 32.0 Å². The van der Waals surface area contributed by atoms with Crippen molar-refractivity contribution < 1.29 is 42.5 Å². The van der Waals surface area contributed by atoms with Gasteiger partial charge in [0.2, 0.25) is 0 Å². The van der Waals surface area contributed by atoms with Crippen LogP contribution < -0.4 is 5.32 Å². The summed E-state index contributed by atoms with van der Waals surface area (Å²) in [6, 6.07) is 23.5. The number of benzene rings is 4. The molecule has 0 aromatic heterocycles.